The van der Waals surface area contributed by atoms with Crippen LogP contribution in [0.3, 0.4) is 0 Å². The maximum Gasteiger partial charge on any atom is 0.266 e. The van der Waals surface area contributed by atoms with Crippen LogP contribution in [-0.4, -0.2) is 5.91 Å². The molecule has 0 unspecified atom stereocenters. The first-order valence-electron chi connectivity index (χ1n) is 5.40. The first-order valence-corrected chi connectivity index (χ1v) is 7.13. The monoisotopic (exact) mass is 332 g/mol. The Balaban J connectivity index is 2.17. The Bertz CT molecular complexity index is 656. The molecular formula is C14H9BrN2OS. The number of benzene rings is 1. The fourth-order valence-corrected chi connectivity index (χ4v) is 2.45. The van der Waals surface area contributed by atoms with Crippen molar-refractivity contribution in [3.8, 4) is 6.07 Å². The molecule has 1 N–H and O–H groups in total. The van der Waals surface area contributed by atoms with Crippen molar-refractivity contribution in [3.63, 3.8) is 0 Å². The molecule has 5 heteroatoms. The fourth-order valence-electron chi connectivity index (χ4n) is 1.44. The zero-order valence-corrected chi connectivity index (χ0v) is 12.2. The van der Waals surface area contributed by atoms with E-state index in [1.165, 1.54) is 11.3 Å². The number of hydrogen-bond donors (Lipinski definition) is 1. The number of rotatable bonds is 3. The molecule has 0 spiro atoms. The smallest absolute Gasteiger partial charge is 0.266 e. The predicted molar refractivity (Wildman–Crippen MR) is 80.7 cm³/mol. The predicted octanol–water partition coefficient (Wildman–Crippen LogP) is 4.06. The van der Waals surface area contributed by atoms with Gasteiger partial charge in [0.05, 0.1) is 0 Å². The van der Waals surface area contributed by atoms with Crippen molar-refractivity contribution in [2.45, 2.75) is 0 Å². The molecular weight excluding hydrogens is 324 g/mol. The molecule has 0 saturated carbocycles. The first-order chi connectivity index (χ1) is 9.19. The van der Waals surface area contributed by atoms with Crippen LogP contribution in [0.15, 0.2) is 51.1 Å². The van der Waals surface area contributed by atoms with Crippen LogP contribution in [0.4, 0.5) is 5.69 Å². The maximum absolute atomic E-state index is 12.0. The molecule has 2 rings (SSSR count). The highest BCUT2D eigenvalue weighted by molar-refractivity contribution is 9.10. The normalized spacial score (nSPS) is 10.8. The molecule has 19 heavy (non-hydrogen) atoms. The average Bonchev–Trinajstić information content (AvgIpc) is 2.88. The van der Waals surface area contributed by atoms with E-state index >= 15 is 0 Å². The molecule has 1 aromatic heterocycles. The molecule has 1 heterocycles. The van der Waals surface area contributed by atoms with E-state index < -0.39 is 5.91 Å². The van der Waals surface area contributed by atoms with Crippen LogP contribution in [0.2, 0.25) is 0 Å². The van der Waals surface area contributed by atoms with Crippen LogP contribution in [0.5, 0.6) is 0 Å². The number of anilines is 1. The van der Waals surface area contributed by atoms with Crippen LogP contribution in [-0.2, 0) is 4.79 Å². The van der Waals surface area contributed by atoms with Crippen LogP contribution in [0.1, 0.15) is 5.56 Å². The van der Waals surface area contributed by atoms with E-state index in [-0.39, 0.29) is 5.57 Å². The van der Waals surface area contributed by atoms with Crippen molar-refractivity contribution >= 4 is 44.9 Å². The standard InChI is InChI=1S/C14H9BrN2OS/c15-12-2-1-3-13(7-12)17-14(18)11(8-16)6-10-4-5-19-9-10/h1-7,9H,(H,17,18)/b11-6-. The third-order valence-electron chi connectivity index (χ3n) is 2.30. The van der Waals surface area contributed by atoms with E-state index in [2.05, 4.69) is 21.2 Å². The van der Waals surface area contributed by atoms with Gasteiger partial charge in [-0.05, 0) is 46.7 Å². The Hall–Kier alpha value is -1.90. The minimum atomic E-state index is -0.410. The van der Waals surface area contributed by atoms with E-state index in [1.54, 1.807) is 18.2 Å². The van der Waals surface area contributed by atoms with Gasteiger partial charge in [-0.15, -0.1) is 0 Å². The molecule has 1 amide bonds. The minimum Gasteiger partial charge on any atom is -0.321 e. The van der Waals surface area contributed by atoms with Gasteiger partial charge in [0.25, 0.3) is 5.91 Å². The Kier molecular flexibility index (Phi) is 4.50. The summed E-state index contributed by atoms with van der Waals surface area (Å²) in [4.78, 5) is 12.0. The van der Waals surface area contributed by atoms with Crippen molar-refractivity contribution < 1.29 is 4.79 Å². The third-order valence-corrected chi connectivity index (χ3v) is 3.50. The van der Waals surface area contributed by atoms with Gasteiger partial charge < -0.3 is 5.32 Å². The lowest BCUT2D eigenvalue weighted by Gasteiger charge is -2.04. The van der Waals surface area contributed by atoms with E-state index in [1.807, 2.05) is 35.0 Å². The number of amides is 1. The molecule has 0 bridgehead atoms. The molecule has 94 valence electrons. The Labute approximate surface area is 123 Å². The van der Waals surface area contributed by atoms with Gasteiger partial charge in [0.1, 0.15) is 11.6 Å². The average molecular weight is 333 g/mol. The summed E-state index contributed by atoms with van der Waals surface area (Å²) in [5, 5.41) is 15.5. The molecule has 0 aliphatic rings. The quantitative estimate of drug-likeness (QED) is 0.680. The van der Waals surface area contributed by atoms with Gasteiger partial charge in [-0.2, -0.15) is 16.6 Å². The summed E-state index contributed by atoms with van der Waals surface area (Å²) in [5.41, 5.74) is 1.58. The van der Waals surface area contributed by atoms with Crippen LogP contribution in [0, 0.1) is 11.3 Å². The SMILES string of the molecule is N#C/C(=C/c1ccsc1)C(=O)Nc1cccc(Br)c1. The highest BCUT2D eigenvalue weighted by atomic mass is 79.9. The highest BCUT2D eigenvalue weighted by Crippen LogP contribution is 2.17. The zero-order chi connectivity index (χ0) is 13.7. The summed E-state index contributed by atoms with van der Waals surface area (Å²) in [5.74, 6) is -0.410. The summed E-state index contributed by atoms with van der Waals surface area (Å²) in [6, 6.07) is 11.0. The summed E-state index contributed by atoms with van der Waals surface area (Å²) in [7, 11) is 0. The summed E-state index contributed by atoms with van der Waals surface area (Å²) in [6.07, 6.45) is 1.57. The lowest BCUT2D eigenvalue weighted by molar-refractivity contribution is -0.112. The summed E-state index contributed by atoms with van der Waals surface area (Å²) in [6.45, 7) is 0. The molecule has 0 saturated heterocycles. The first kappa shape index (κ1) is 13.5. The molecule has 1 aromatic carbocycles. The summed E-state index contributed by atoms with van der Waals surface area (Å²) >= 11 is 4.84. The minimum absolute atomic E-state index is 0.0818. The van der Waals surface area contributed by atoms with Crippen molar-refractivity contribution in [2.75, 3.05) is 5.32 Å². The molecule has 3 nitrogen and oxygen atoms in total. The van der Waals surface area contributed by atoms with Crippen molar-refractivity contribution in [1.29, 1.82) is 5.26 Å². The van der Waals surface area contributed by atoms with Gasteiger partial charge in [0, 0.05) is 10.2 Å². The molecule has 0 aliphatic carbocycles. The second kappa shape index (κ2) is 6.32. The molecule has 0 aliphatic heterocycles. The fraction of sp³-hybridized carbons (Fsp3) is 0. The van der Waals surface area contributed by atoms with Crippen molar-refractivity contribution in [2.24, 2.45) is 0 Å². The number of halogens is 1. The molecule has 0 fully saturated rings. The second-order valence-corrected chi connectivity index (χ2v) is 5.39. The van der Waals surface area contributed by atoms with Crippen LogP contribution in [0.25, 0.3) is 6.08 Å². The van der Waals surface area contributed by atoms with Gasteiger partial charge in [-0.25, -0.2) is 0 Å². The number of nitriles is 1. The number of hydrogen-bond acceptors (Lipinski definition) is 3. The van der Waals surface area contributed by atoms with Gasteiger partial charge >= 0.3 is 0 Å². The Morgan fingerprint density at radius 2 is 2.26 bits per heavy atom. The number of carbonyl (C=O) groups is 1. The van der Waals surface area contributed by atoms with Gasteiger partial charge in [-0.1, -0.05) is 22.0 Å². The molecule has 2 aromatic rings. The second-order valence-electron chi connectivity index (χ2n) is 3.69. The van der Waals surface area contributed by atoms with Crippen molar-refractivity contribution in [3.05, 3.63) is 56.7 Å². The lowest BCUT2D eigenvalue weighted by atomic mass is 10.2. The van der Waals surface area contributed by atoms with Gasteiger partial charge in [0.2, 0.25) is 0 Å². The zero-order valence-electron chi connectivity index (χ0n) is 9.76. The van der Waals surface area contributed by atoms with Gasteiger partial charge in [0.15, 0.2) is 0 Å². The third kappa shape index (κ3) is 3.78. The van der Waals surface area contributed by atoms with E-state index in [0.717, 1.165) is 10.0 Å². The van der Waals surface area contributed by atoms with Crippen LogP contribution < -0.4 is 5.32 Å². The summed E-state index contributed by atoms with van der Waals surface area (Å²) < 4.78 is 0.866. The molecule has 0 atom stereocenters. The van der Waals surface area contributed by atoms with E-state index in [0.29, 0.717) is 5.69 Å². The topological polar surface area (TPSA) is 52.9 Å². The maximum atomic E-state index is 12.0. The lowest BCUT2D eigenvalue weighted by Crippen LogP contribution is -2.13. The van der Waals surface area contributed by atoms with Crippen LogP contribution >= 0.6 is 27.3 Å². The number of nitrogens with one attached hydrogen (secondary N) is 1. The largest absolute Gasteiger partial charge is 0.321 e. The van der Waals surface area contributed by atoms with Crippen molar-refractivity contribution in [1.82, 2.24) is 0 Å². The number of thiophene rings is 1. The van der Waals surface area contributed by atoms with Gasteiger partial charge in [-0.3, -0.25) is 4.79 Å². The number of nitrogens with zero attached hydrogens (tertiary/aromatic N) is 1. The Morgan fingerprint density at radius 3 is 2.89 bits per heavy atom. The Morgan fingerprint density at radius 1 is 1.42 bits per heavy atom. The molecule has 0 radical (unpaired) electrons. The number of carbonyl (C=O) groups excluding carboxylic acids is 1. The highest BCUT2D eigenvalue weighted by Gasteiger charge is 2.09. The van der Waals surface area contributed by atoms with E-state index in [9.17, 15) is 4.79 Å². The van der Waals surface area contributed by atoms with E-state index in [4.69, 9.17) is 5.26 Å².